The number of carbonyl (C=O) groups is 1. The Morgan fingerprint density at radius 2 is 1.90 bits per heavy atom. The van der Waals surface area contributed by atoms with Crippen molar-refractivity contribution in [3.8, 4) is 17.2 Å². The Balaban J connectivity index is 1.70. The molecular weight excluding hydrogens is 420 g/mol. The Kier molecular flexibility index (Phi) is 6.18. The number of esters is 1. The van der Waals surface area contributed by atoms with Crippen molar-refractivity contribution in [1.82, 2.24) is 0 Å². The molecule has 8 heteroatoms. The van der Waals surface area contributed by atoms with Gasteiger partial charge in [-0.2, -0.15) is 0 Å². The number of carbonyl (C=O) groups excluding carboxylic acids is 1. The molecule has 2 aromatic carbocycles. The van der Waals surface area contributed by atoms with Gasteiger partial charge in [0.1, 0.15) is 5.76 Å². The lowest BCUT2D eigenvalue weighted by molar-refractivity contribution is -0.140. The molecule has 1 atom stereocenters. The molecular formula is C23H20O7S. The number of methoxy groups -OCH3 is 1. The average molecular weight is 440 g/mol. The van der Waals surface area contributed by atoms with Crippen LogP contribution in [0.25, 0.3) is 0 Å². The number of hydrogen-bond acceptors (Lipinski definition) is 8. The molecule has 1 aliphatic heterocycles. The Morgan fingerprint density at radius 3 is 2.68 bits per heavy atom. The van der Waals surface area contributed by atoms with Crippen LogP contribution in [-0.4, -0.2) is 25.0 Å². The van der Waals surface area contributed by atoms with Crippen molar-refractivity contribution in [3.63, 3.8) is 0 Å². The van der Waals surface area contributed by atoms with Crippen molar-refractivity contribution < 1.29 is 28.5 Å². The van der Waals surface area contributed by atoms with Gasteiger partial charge in [-0.05, 0) is 29.8 Å². The third-order valence-electron chi connectivity index (χ3n) is 4.84. The van der Waals surface area contributed by atoms with Crippen LogP contribution in [0.15, 0.2) is 68.7 Å². The standard InChI is InChI=1S/C23H20O7S/c1-27-21(25)11-17(14-7-8-19-20(9-14)29-13-28-19)23-22(26)18(24)10-15(30-23)12-31-16-5-3-2-4-6-16/h2-10,17,26H,11-13H2,1H3. The van der Waals surface area contributed by atoms with Crippen LogP contribution < -0.4 is 14.9 Å². The van der Waals surface area contributed by atoms with E-state index in [1.54, 1.807) is 18.2 Å². The fourth-order valence-electron chi connectivity index (χ4n) is 3.28. The van der Waals surface area contributed by atoms with Gasteiger partial charge in [-0.3, -0.25) is 9.59 Å². The predicted octanol–water partition coefficient (Wildman–Crippen LogP) is 4.06. The summed E-state index contributed by atoms with van der Waals surface area (Å²) in [5.74, 6) is 0.121. The van der Waals surface area contributed by atoms with Gasteiger partial charge in [0, 0.05) is 11.0 Å². The molecule has 1 unspecified atom stereocenters. The van der Waals surface area contributed by atoms with Crippen LogP contribution in [0.5, 0.6) is 17.2 Å². The summed E-state index contributed by atoms with van der Waals surface area (Å²) in [6, 6.07) is 16.1. The van der Waals surface area contributed by atoms with E-state index in [1.807, 2.05) is 30.3 Å². The van der Waals surface area contributed by atoms with Gasteiger partial charge in [0.05, 0.1) is 25.2 Å². The Hall–Kier alpha value is -3.39. The van der Waals surface area contributed by atoms with Gasteiger partial charge in [-0.15, -0.1) is 11.8 Å². The summed E-state index contributed by atoms with van der Waals surface area (Å²) in [7, 11) is 1.28. The summed E-state index contributed by atoms with van der Waals surface area (Å²) in [5.41, 5.74) is 0.0569. The smallest absolute Gasteiger partial charge is 0.306 e. The Morgan fingerprint density at radius 1 is 1.13 bits per heavy atom. The molecule has 3 aromatic rings. The highest BCUT2D eigenvalue weighted by Gasteiger charge is 2.28. The lowest BCUT2D eigenvalue weighted by atomic mass is 9.92. The van der Waals surface area contributed by atoms with E-state index in [2.05, 4.69) is 0 Å². The van der Waals surface area contributed by atoms with Crippen LogP contribution >= 0.6 is 11.8 Å². The van der Waals surface area contributed by atoms with Crippen molar-refractivity contribution in [2.75, 3.05) is 13.9 Å². The summed E-state index contributed by atoms with van der Waals surface area (Å²) >= 11 is 1.50. The first-order valence-electron chi connectivity index (χ1n) is 9.55. The molecule has 1 N–H and O–H groups in total. The monoisotopic (exact) mass is 440 g/mol. The summed E-state index contributed by atoms with van der Waals surface area (Å²) < 4.78 is 21.5. The molecule has 0 fully saturated rings. The SMILES string of the molecule is COC(=O)CC(c1ccc2c(c1)OCO2)c1oc(CSc2ccccc2)cc(=O)c1O. The summed E-state index contributed by atoms with van der Waals surface area (Å²) in [6.45, 7) is 0.104. The predicted molar refractivity (Wildman–Crippen MR) is 114 cm³/mol. The largest absolute Gasteiger partial charge is 0.502 e. The van der Waals surface area contributed by atoms with Crippen molar-refractivity contribution in [1.29, 1.82) is 0 Å². The van der Waals surface area contributed by atoms with Gasteiger partial charge in [0.2, 0.25) is 18.0 Å². The van der Waals surface area contributed by atoms with Crippen LogP contribution in [0.2, 0.25) is 0 Å². The zero-order valence-corrected chi connectivity index (χ0v) is 17.5. The number of hydrogen-bond donors (Lipinski definition) is 1. The van der Waals surface area contributed by atoms with Crippen LogP contribution in [0.4, 0.5) is 0 Å². The number of ether oxygens (including phenoxy) is 3. The topological polar surface area (TPSA) is 95.2 Å². The molecule has 160 valence electrons. The Labute approximate surface area is 182 Å². The van der Waals surface area contributed by atoms with E-state index in [9.17, 15) is 14.7 Å². The Bertz CT molecular complexity index is 1140. The molecule has 2 heterocycles. The highest BCUT2D eigenvalue weighted by atomic mass is 32.2. The first-order chi connectivity index (χ1) is 15.0. The second-order valence-electron chi connectivity index (χ2n) is 6.84. The molecule has 0 saturated carbocycles. The average Bonchev–Trinajstić information content (AvgIpc) is 3.26. The molecule has 1 aliphatic rings. The second-order valence-corrected chi connectivity index (χ2v) is 7.89. The van der Waals surface area contributed by atoms with Gasteiger partial charge in [-0.1, -0.05) is 24.3 Å². The van der Waals surface area contributed by atoms with Crippen LogP contribution in [0.1, 0.15) is 29.4 Å². The highest BCUT2D eigenvalue weighted by Crippen LogP contribution is 2.39. The van der Waals surface area contributed by atoms with Gasteiger partial charge in [-0.25, -0.2) is 0 Å². The van der Waals surface area contributed by atoms with E-state index in [0.29, 0.717) is 28.6 Å². The molecule has 0 aliphatic carbocycles. The van der Waals surface area contributed by atoms with E-state index in [0.717, 1.165) is 4.90 Å². The van der Waals surface area contributed by atoms with Gasteiger partial charge in [0.25, 0.3) is 0 Å². The van der Waals surface area contributed by atoms with Crippen molar-refractivity contribution in [2.45, 2.75) is 23.0 Å². The molecule has 0 radical (unpaired) electrons. The first-order valence-corrected chi connectivity index (χ1v) is 10.5. The number of benzene rings is 2. The second kappa shape index (κ2) is 9.18. The molecule has 7 nitrogen and oxygen atoms in total. The lowest BCUT2D eigenvalue weighted by Gasteiger charge is -2.18. The van der Waals surface area contributed by atoms with E-state index < -0.39 is 23.1 Å². The molecule has 0 amide bonds. The summed E-state index contributed by atoms with van der Waals surface area (Å²) in [5, 5.41) is 10.5. The van der Waals surface area contributed by atoms with Crippen molar-refractivity contribution >= 4 is 17.7 Å². The van der Waals surface area contributed by atoms with Gasteiger partial charge < -0.3 is 23.7 Å². The molecule has 31 heavy (non-hydrogen) atoms. The van der Waals surface area contributed by atoms with Crippen LogP contribution in [0, 0.1) is 0 Å². The van der Waals surface area contributed by atoms with Crippen LogP contribution in [-0.2, 0) is 15.3 Å². The zero-order valence-electron chi connectivity index (χ0n) is 16.7. The molecule has 0 spiro atoms. The fraction of sp³-hybridized carbons (Fsp3) is 0.217. The molecule has 0 saturated heterocycles. The first kappa shape index (κ1) is 20.9. The zero-order chi connectivity index (χ0) is 21.8. The lowest BCUT2D eigenvalue weighted by Crippen LogP contribution is -2.14. The normalized spacial score (nSPS) is 13.1. The summed E-state index contributed by atoms with van der Waals surface area (Å²) in [4.78, 5) is 25.6. The van der Waals surface area contributed by atoms with Crippen LogP contribution in [0.3, 0.4) is 0 Å². The maximum absolute atomic E-state index is 12.5. The summed E-state index contributed by atoms with van der Waals surface area (Å²) in [6.07, 6.45) is -0.123. The van der Waals surface area contributed by atoms with E-state index in [-0.39, 0.29) is 19.0 Å². The van der Waals surface area contributed by atoms with Crippen molar-refractivity contribution in [3.05, 3.63) is 81.9 Å². The van der Waals surface area contributed by atoms with E-state index in [1.165, 1.54) is 24.9 Å². The van der Waals surface area contributed by atoms with E-state index in [4.69, 9.17) is 18.6 Å². The maximum atomic E-state index is 12.5. The van der Waals surface area contributed by atoms with Gasteiger partial charge >= 0.3 is 5.97 Å². The van der Waals surface area contributed by atoms with Gasteiger partial charge in [0.15, 0.2) is 17.3 Å². The van der Waals surface area contributed by atoms with Crippen molar-refractivity contribution in [2.24, 2.45) is 0 Å². The quantitative estimate of drug-likeness (QED) is 0.434. The number of aromatic hydroxyl groups is 1. The molecule has 0 bridgehead atoms. The maximum Gasteiger partial charge on any atom is 0.306 e. The number of fused-ring (bicyclic) bond motifs is 1. The molecule has 1 aromatic heterocycles. The minimum Gasteiger partial charge on any atom is -0.502 e. The fourth-order valence-corrected chi connectivity index (χ4v) is 4.08. The van der Waals surface area contributed by atoms with E-state index >= 15 is 0 Å². The third-order valence-corrected chi connectivity index (χ3v) is 5.87. The molecule has 4 rings (SSSR count). The highest BCUT2D eigenvalue weighted by molar-refractivity contribution is 7.98. The third kappa shape index (κ3) is 4.69. The minimum atomic E-state index is -0.740. The minimum absolute atomic E-state index is 0.0143. The number of thioether (sulfide) groups is 1. The number of rotatable bonds is 7.